The summed E-state index contributed by atoms with van der Waals surface area (Å²) in [6.45, 7) is 1.56. The van der Waals surface area contributed by atoms with Crippen molar-refractivity contribution in [3.8, 4) is 0 Å². The zero-order valence-electron chi connectivity index (χ0n) is 8.46. The van der Waals surface area contributed by atoms with E-state index in [0.717, 1.165) is 5.56 Å². The van der Waals surface area contributed by atoms with E-state index in [9.17, 15) is 9.18 Å². The normalized spacial score (nSPS) is 9.93. The lowest BCUT2D eigenvalue weighted by atomic mass is 10.1. The molecule has 0 aliphatic heterocycles. The van der Waals surface area contributed by atoms with E-state index in [1.54, 1.807) is 19.2 Å². The number of hydrogen-bond donors (Lipinski definition) is 0. The summed E-state index contributed by atoms with van der Waals surface area (Å²) in [5, 5.41) is 0. The lowest BCUT2D eigenvalue weighted by Crippen LogP contribution is -2.28. The fourth-order valence-corrected chi connectivity index (χ4v) is 1.23. The zero-order chi connectivity index (χ0) is 10.6. The predicted molar refractivity (Wildman–Crippen MR) is 54.1 cm³/mol. The third-order valence-electron chi connectivity index (χ3n) is 2.03. The van der Waals surface area contributed by atoms with Crippen molar-refractivity contribution < 1.29 is 9.18 Å². The Morgan fingerprint density at radius 3 is 2.79 bits per heavy atom. The smallest absolute Gasteiger partial charge is 0.253 e. The van der Waals surface area contributed by atoms with Crippen LogP contribution in [0.5, 0.6) is 0 Å². The molecule has 1 rings (SSSR count). The number of carbonyl (C=O) groups excluding carboxylic acids is 1. The Kier molecular flexibility index (Phi) is 3.63. The maximum absolute atomic E-state index is 12.0. The molecule has 0 aromatic heterocycles. The van der Waals surface area contributed by atoms with E-state index in [1.807, 2.05) is 19.1 Å². The molecule has 1 aromatic rings. The second-order valence-electron chi connectivity index (χ2n) is 3.29. The van der Waals surface area contributed by atoms with Gasteiger partial charge in [-0.25, -0.2) is 4.39 Å². The highest BCUT2D eigenvalue weighted by Crippen LogP contribution is 2.06. The third kappa shape index (κ3) is 2.55. The quantitative estimate of drug-likeness (QED) is 0.722. The molecule has 1 amide bonds. The fraction of sp³-hybridized carbons (Fsp3) is 0.364. The van der Waals surface area contributed by atoms with Gasteiger partial charge >= 0.3 is 0 Å². The van der Waals surface area contributed by atoms with Gasteiger partial charge in [-0.3, -0.25) is 4.79 Å². The summed E-state index contributed by atoms with van der Waals surface area (Å²) in [4.78, 5) is 13.0. The lowest BCUT2D eigenvalue weighted by molar-refractivity contribution is 0.0786. The number of rotatable bonds is 3. The van der Waals surface area contributed by atoms with Crippen LogP contribution in [0.25, 0.3) is 0 Å². The summed E-state index contributed by atoms with van der Waals surface area (Å²) < 4.78 is 12.0. The zero-order valence-corrected chi connectivity index (χ0v) is 8.46. The molecule has 0 N–H and O–H groups in total. The van der Waals surface area contributed by atoms with Crippen molar-refractivity contribution in [2.24, 2.45) is 0 Å². The number of aryl methyl sites for hydroxylation is 1. The first-order valence-electron chi connectivity index (χ1n) is 4.53. The molecule has 0 aliphatic rings. The number of halogens is 1. The van der Waals surface area contributed by atoms with Crippen LogP contribution in [0.3, 0.4) is 0 Å². The lowest BCUT2D eigenvalue weighted by Gasteiger charge is -2.15. The minimum Gasteiger partial charge on any atom is -0.339 e. The molecule has 0 bridgehead atoms. The third-order valence-corrected chi connectivity index (χ3v) is 2.03. The summed E-state index contributed by atoms with van der Waals surface area (Å²) in [6.07, 6.45) is 0. The Morgan fingerprint density at radius 2 is 2.21 bits per heavy atom. The molecule has 0 aliphatic carbocycles. The van der Waals surface area contributed by atoms with Crippen molar-refractivity contribution >= 4 is 5.91 Å². The summed E-state index contributed by atoms with van der Waals surface area (Å²) in [6, 6.07) is 7.29. The molecule has 0 atom stereocenters. The van der Waals surface area contributed by atoms with Gasteiger partial charge in [-0.15, -0.1) is 0 Å². The van der Waals surface area contributed by atoms with E-state index in [2.05, 4.69) is 0 Å². The second-order valence-corrected chi connectivity index (χ2v) is 3.29. The number of hydrogen-bond acceptors (Lipinski definition) is 1. The van der Waals surface area contributed by atoms with Gasteiger partial charge in [0.15, 0.2) is 0 Å². The SMILES string of the molecule is Cc1cccc(C(=O)N(C)CCF)c1. The molecule has 3 heteroatoms. The summed E-state index contributed by atoms with van der Waals surface area (Å²) >= 11 is 0. The van der Waals surface area contributed by atoms with Crippen LogP contribution in [0.4, 0.5) is 4.39 Å². The Morgan fingerprint density at radius 1 is 1.50 bits per heavy atom. The van der Waals surface area contributed by atoms with Gasteiger partial charge in [0.25, 0.3) is 5.91 Å². The van der Waals surface area contributed by atoms with Crippen LogP contribution >= 0.6 is 0 Å². The van der Waals surface area contributed by atoms with Crippen molar-refractivity contribution in [2.75, 3.05) is 20.3 Å². The molecule has 0 radical (unpaired) electrons. The van der Waals surface area contributed by atoms with E-state index in [4.69, 9.17) is 0 Å². The van der Waals surface area contributed by atoms with Crippen LogP contribution in [0.1, 0.15) is 15.9 Å². The molecule has 0 saturated heterocycles. The van der Waals surface area contributed by atoms with Crippen LogP contribution in [0.2, 0.25) is 0 Å². The van der Waals surface area contributed by atoms with Crippen molar-refractivity contribution in [1.29, 1.82) is 0 Å². The van der Waals surface area contributed by atoms with Crippen LogP contribution in [-0.4, -0.2) is 31.1 Å². The monoisotopic (exact) mass is 195 g/mol. The number of carbonyl (C=O) groups is 1. The number of alkyl halides is 1. The average molecular weight is 195 g/mol. The van der Waals surface area contributed by atoms with Gasteiger partial charge in [-0.05, 0) is 19.1 Å². The van der Waals surface area contributed by atoms with Crippen LogP contribution < -0.4 is 0 Å². The highest BCUT2D eigenvalue weighted by molar-refractivity contribution is 5.94. The van der Waals surface area contributed by atoms with Gasteiger partial charge in [-0.2, -0.15) is 0 Å². The molecule has 0 spiro atoms. The van der Waals surface area contributed by atoms with Gasteiger partial charge in [-0.1, -0.05) is 17.7 Å². The van der Waals surface area contributed by atoms with Gasteiger partial charge in [0, 0.05) is 19.2 Å². The Bertz CT molecular complexity index is 325. The van der Waals surface area contributed by atoms with Gasteiger partial charge in [0.05, 0.1) is 0 Å². The molecule has 76 valence electrons. The van der Waals surface area contributed by atoms with Crippen molar-refractivity contribution in [1.82, 2.24) is 4.90 Å². The summed E-state index contributed by atoms with van der Waals surface area (Å²) in [7, 11) is 1.60. The van der Waals surface area contributed by atoms with E-state index >= 15 is 0 Å². The van der Waals surface area contributed by atoms with Crippen molar-refractivity contribution in [3.63, 3.8) is 0 Å². The number of benzene rings is 1. The number of amides is 1. The molecule has 0 heterocycles. The minimum atomic E-state index is -0.506. The average Bonchev–Trinajstić information content (AvgIpc) is 2.17. The number of nitrogens with zero attached hydrogens (tertiary/aromatic N) is 1. The second kappa shape index (κ2) is 4.74. The minimum absolute atomic E-state index is 0.133. The van der Waals surface area contributed by atoms with E-state index < -0.39 is 6.67 Å². The Labute approximate surface area is 83.3 Å². The van der Waals surface area contributed by atoms with Gasteiger partial charge in [0.2, 0.25) is 0 Å². The Balaban J connectivity index is 2.78. The van der Waals surface area contributed by atoms with Gasteiger partial charge in [0.1, 0.15) is 6.67 Å². The molecule has 0 unspecified atom stereocenters. The van der Waals surface area contributed by atoms with Crippen LogP contribution in [0.15, 0.2) is 24.3 Å². The van der Waals surface area contributed by atoms with Crippen molar-refractivity contribution in [2.45, 2.75) is 6.92 Å². The topological polar surface area (TPSA) is 20.3 Å². The molecule has 0 fully saturated rings. The maximum atomic E-state index is 12.0. The molecule has 2 nitrogen and oxygen atoms in total. The van der Waals surface area contributed by atoms with E-state index in [1.165, 1.54) is 4.90 Å². The molecular weight excluding hydrogens is 181 g/mol. The molecule has 1 aromatic carbocycles. The van der Waals surface area contributed by atoms with Crippen LogP contribution in [-0.2, 0) is 0 Å². The van der Waals surface area contributed by atoms with Crippen molar-refractivity contribution in [3.05, 3.63) is 35.4 Å². The molecule has 14 heavy (non-hydrogen) atoms. The molecule has 0 saturated carbocycles. The highest BCUT2D eigenvalue weighted by Gasteiger charge is 2.10. The van der Waals surface area contributed by atoms with E-state index in [-0.39, 0.29) is 12.5 Å². The predicted octanol–water partition coefficient (Wildman–Crippen LogP) is 2.04. The Hall–Kier alpha value is -1.38. The van der Waals surface area contributed by atoms with Gasteiger partial charge < -0.3 is 4.90 Å². The summed E-state index contributed by atoms with van der Waals surface area (Å²) in [5.41, 5.74) is 1.64. The highest BCUT2D eigenvalue weighted by atomic mass is 19.1. The standard InChI is InChI=1S/C11H14FNO/c1-9-4-3-5-10(8-9)11(14)13(2)7-6-12/h3-5,8H,6-7H2,1-2H3. The van der Waals surface area contributed by atoms with Crippen LogP contribution in [0, 0.1) is 6.92 Å². The fourth-order valence-electron chi connectivity index (χ4n) is 1.23. The first kappa shape index (κ1) is 10.7. The first-order valence-corrected chi connectivity index (χ1v) is 4.53. The first-order chi connectivity index (χ1) is 6.65. The maximum Gasteiger partial charge on any atom is 0.253 e. The largest absolute Gasteiger partial charge is 0.339 e. The molecular formula is C11H14FNO. The van der Waals surface area contributed by atoms with E-state index in [0.29, 0.717) is 5.56 Å². The summed E-state index contributed by atoms with van der Waals surface area (Å²) in [5.74, 6) is -0.133.